The summed E-state index contributed by atoms with van der Waals surface area (Å²) in [6, 6.07) is 15.4. The quantitative estimate of drug-likeness (QED) is 0.0689. The Morgan fingerprint density at radius 2 is 1.52 bits per heavy atom. The van der Waals surface area contributed by atoms with Gasteiger partial charge in [0.05, 0.1) is 71.1 Å². The first-order valence-corrected chi connectivity index (χ1v) is 18.8. The van der Waals surface area contributed by atoms with E-state index >= 15 is 0 Å². The van der Waals surface area contributed by atoms with Gasteiger partial charge < -0.3 is 54.4 Å². The number of amides is 2. The summed E-state index contributed by atoms with van der Waals surface area (Å²) < 4.78 is 33.3. The summed E-state index contributed by atoms with van der Waals surface area (Å²) in [7, 11) is 0. The van der Waals surface area contributed by atoms with Crippen molar-refractivity contribution in [2.45, 2.75) is 62.9 Å². The fourth-order valence-electron chi connectivity index (χ4n) is 5.40. The molecule has 0 aromatic heterocycles. The van der Waals surface area contributed by atoms with Crippen molar-refractivity contribution in [3.05, 3.63) is 60.2 Å². The van der Waals surface area contributed by atoms with Crippen molar-refractivity contribution in [1.29, 1.82) is 0 Å². The largest absolute Gasteiger partial charge is 0.391 e. The van der Waals surface area contributed by atoms with E-state index in [1.807, 2.05) is 37.3 Å². The van der Waals surface area contributed by atoms with Gasteiger partial charge in [-0.15, -0.1) is 0 Å². The second kappa shape index (κ2) is 24.4. The third-order valence-electron chi connectivity index (χ3n) is 8.08. The Kier molecular flexibility index (Phi) is 20.4. The van der Waals surface area contributed by atoms with Crippen molar-refractivity contribution in [1.82, 2.24) is 10.6 Å². The van der Waals surface area contributed by atoms with Crippen molar-refractivity contribution in [3.8, 4) is 11.1 Å². The van der Waals surface area contributed by atoms with Crippen LogP contribution in [0.1, 0.15) is 37.0 Å². The van der Waals surface area contributed by atoms with Crippen LogP contribution in [-0.2, 0) is 38.0 Å². The van der Waals surface area contributed by atoms with Gasteiger partial charge in [-0.3, -0.25) is 14.4 Å². The summed E-state index contributed by atoms with van der Waals surface area (Å²) in [6.45, 7) is 7.17. The van der Waals surface area contributed by atoms with E-state index in [-0.39, 0.29) is 19.6 Å². The molecule has 15 heteroatoms. The molecule has 0 unspecified atom stereocenters. The first kappa shape index (κ1) is 43.4. The van der Waals surface area contributed by atoms with E-state index in [1.54, 1.807) is 36.0 Å². The molecule has 1 aliphatic heterocycles. The molecule has 2 amide bonds. The maximum Gasteiger partial charge on any atom is 0.251 e. The molecule has 2 aromatic rings. The molecule has 1 fully saturated rings. The SMILES string of the molecule is CCOCCOCCOCCOCCSCCCO[C@]1(C=O)C[C@H](O)[C@@H](NC(C)=O)[C@H]([C@H](O)[C@H](O)CNC(=O)c2ccc(-c3ccccc3)cc2)O1. The Hall–Kier alpha value is -2.96. The predicted octanol–water partition coefficient (Wildman–Crippen LogP) is 1.58. The number of aliphatic hydroxyl groups excluding tert-OH is 3. The molecule has 1 aliphatic rings. The number of ether oxygens (including phenoxy) is 6. The standard InChI is InChI=1S/C37H54N2O12S/c1-3-46-15-16-47-17-18-48-19-20-49-21-23-52-22-7-14-50-37(26-40)24-31(42)33(39-27(2)41)35(51-37)34(44)32(43)25-38-36(45)30-12-10-29(11-13-30)28-8-5-4-6-9-28/h4-6,8-13,26,31-35,42-44H,3,7,14-25H2,1-2H3,(H,38,45)(H,39,41)/t31-,32+,33+,34+,35+,37+/m0/s1. The molecule has 6 atom stereocenters. The molecule has 1 saturated heterocycles. The minimum absolute atomic E-state index is 0.106. The van der Waals surface area contributed by atoms with Crippen LogP contribution in [0.2, 0.25) is 0 Å². The lowest BCUT2D eigenvalue weighted by Crippen LogP contribution is -2.66. The van der Waals surface area contributed by atoms with E-state index in [9.17, 15) is 29.7 Å². The minimum atomic E-state index is -1.92. The zero-order valence-corrected chi connectivity index (χ0v) is 30.8. The van der Waals surface area contributed by atoms with Crippen molar-refractivity contribution in [2.75, 3.05) is 77.5 Å². The van der Waals surface area contributed by atoms with Gasteiger partial charge in [0, 0.05) is 37.8 Å². The second-order valence-corrected chi connectivity index (χ2v) is 13.3. The van der Waals surface area contributed by atoms with Crippen molar-refractivity contribution < 1.29 is 58.1 Å². The van der Waals surface area contributed by atoms with Gasteiger partial charge in [-0.2, -0.15) is 11.8 Å². The Morgan fingerprint density at radius 1 is 0.904 bits per heavy atom. The Morgan fingerprint density at radius 3 is 2.13 bits per heavy atom. The van der Waals surface area contributed by atoms with Crippen LogP contribution in [0, 0.1) is 0 Å². The lowest BCUT2D eigenvalue weighted by atomic mass is 9.88. The highest BCUT2D eigenvalue weighted by Crippen LogP contribution is 2.32. The summed E-state index contributed by atoms with van der Waals surface area (Å²) in [5.74, 6) is -1.48. The second-order valence-electron chi connectivity index (χ2n) is 12.1. The van der Waals surface area contributed by atoms with Crippen molar-refractivity contribution in [3.63, 3.8) is 0 Å². The average molecular weight is 751 g/mol. The molecule has 1 heterocycles. The molecule has 52 heavy (non-hydrogen) atoms. The van der Waals surface area contributed by atoms with E-state index in [0.717, 1.165) is 16.9 Å². The molecule has 14 nitrogen and oxygen atoms in total. The fraction of sp³-hybridized carbons (Fsp3) is 0.595. The smallest absolute Gasteiger partial charge is 0.251 e. The van der Waals surface area contributed by atoms with E-state index in [1.165, 1.54) is 6.92 Å². The summed E-state index contributed by atoms with van der Waals surface area (Å²) in [5, 5.41) is 38.1. The molecule has 290 valence electrons. The lowest BCUT2D eigenvalue weighted by Gasteiger charge is -2.46. The number of carbonyl (C=O) groups is 3. The zero-order valence-electron chi connectivity index (χ0n) is 30.0. The van der Waals surface area contributed by atoms with Gasteiger partial charge in [-0.05, 0) is 42.4 Å². The number of rotatable bonds is 26. The van der Waals surface area contributed by atoms with Crippen LogP contribution in [0.3, 0.4) is 0 Å². The van der Waals surface area contributed by atoms with Crippen LogP contribution in [0.15, 0.2) is 54.6 Å². The number of hydrogen-bond acceptors (Lipinski definition) is 13. The molecule has 2 aromatic carbocycles. The van der Waals surface area contributed by atoms with Gasteiger partial charge in [0.2, 0.25) is 11.7 Å². The fourth-order valence-corrected chi connectivity index (χ4v) is 6.16. The van der Waals surface area contributed by atoms with E-state index in [2.05, 4.69) is 10.6 Å². The first-order chi connectivity index (χ1) is 25.2. The molecule has 0 spiro atoms. The summed E-state index contributed by atoms with van der Waals surface area (Å²) in [5.41, 5.74) is 2.27. The molecular formula is C37H54N2O12S. The molecule has 3 rings (SSSR count). The average Bonchev–Trinajstić information content (AvgIpc) is 3.15. The normalized spacial score (nSPS) is 21.3. The molecule has 0 bridgehead atoms. The Balaban J connectivity index is 1.41. The monoisotopic (exact) mass is 750 g/mol. The number of carbonyl (C=O) groups excluding carboxylic acids is 3. The summed E-state index contributed by atoms with van der Waals surface area (Å²) in [4.78, 5) is 37.1. The molecule has 0 aliphatic carbocycles. The topological polar surface area (TPSA) is 191 Å². The van der Waals surface area contributed by atoms with Crippen molar-refractivity contribution >= 4 is 29.9 Å². The Labute approximate surface area is 309 Å². The first-order valence-electron chi connectivity index (χ1n) is 17.6. The highest BCUT2D eigenvalue weighted by Gasteiger charge is 2.51. The van der Waals surface area contributed by atoms with E-state index in [4.69, 9.17) is 28.4 Å². The molecular weight excluding hydrogens is 696 g/mol. The van der Waals surface area contributed by atoms with Gasteiger partial charge in [0.25, 0.3) is 5.91 Å². The summed E-state index contributed by atoms with van der Waals surface area (Å²) >= 11 is 1.64. The number of hydrogen-bond donors (Lipinski definition) is 5. The lowest BCUT2D eigenvalue weighted by molar-refractivity contribution is -0.296. The third-order valence-corrected chi connectivity index (χ3v) is 9.11. The van der Waals surface area contributed by atoms with Crippen LogP contribution in [-0.4, -0.2) is 147 Å². The number of aliphatic hydroxyl groups is 3. The highest BCUT2D eigenvalue weighted by atomic mass is 32.2. The highest BCUT2D eigenvalue weighted by molar-refractivity contribution is 7.99. The van der Waals surface area contributed by atoms with Gasteiger partial charge >= 0.3 is 0 Å². The van der Waals surface area contributed by atoms with Crippen LogP contribution in [0.4, 0.5) is 0 Å². The van der Waals surface area contributed by atoms with Gasteiger partial charge in [-0.25, -0.2) is 0 Å². The van der Waals surface area contributed by atoms with Crippen LogP contribution >= 0.6 is 11.8 Å². The zero-order chi connectivity index (χ0) is 37.6. The van der Waals surface area contributed by atoms with E-state index in [0.29, 0.717) is 76.9 Å². The summed E-state index contributed by atoms with van der Waals surface area (Å²) in [6.07, 6.45) is -5.46. The molecule has 0 radical (unpaired) electrons. The maximum absolute atomic E-state index is 12.8. The van der Waals surface area contributed by atoms with Gasteiger partial charge in [-0.1, -0.05) is 42.5 Å². The van der Waals surface area contributed by atoms with E-state index < -0.39 is 48.1 Å². The van der Waals surface area contributed by atoms with Crippen LogP contribution in [0.25, 0.3) is 11.1 Å². The predicted molar refractivity (Wildman–Crippen MR) is 195 cm³/mol. The third kappa shape index (κ3) is 15.2. The molecule has 5 N–H and O–H groups in total. The minimum Gasteiger partial charge on any atom is -0.391 e. The van der Waals surface area contributed by atoms with Crippen LogP contribution in [0.5, 0.6) is 0 Å². The number of aldehydes is 1. The maximum atomic E-state index is 12.8. The number of thioether (sulfide) groups is 1. The van der Waals surface area contributed by atoms with Crippen molar-refractivity contribution in [2.24, 2.45) is 0 Å². The van der Waals surface area contributed by atoms with Gasteiger partial charge in [0.15, 0.2) is 6.29 Å². The van der Waals surface area contributed by atoms with Gasteiger partial charge in [0.1, 0.15) is 12.2 Å². The Bertz CT molecular complexity index is 1310. The number of nitrogens with one attached hydrogen (secondary N) is 2. The number of benzene rings is 2. The molecule has 0 saturated carbocycles. The van der Waals surface area contributed by atoms with Crippen LogP contribution < -0.4 is 10.6 Å².